The Labute approximate surface area is 147 Å². The Hall–Kier alpha value is -1.66. The van der Waals surface area contributed by atoms with Crippen molar-refractivity contribution in [2.24, 2.45) is 0 Å². The van der Waals surface area contributed by atoms with Crippen LogP contribution in [0.3, 0.4) is 0 Å². The van der Waals surface area contributed by atoms with E-state index in [0.29, 0.717) is 11.3 Å². The summed E-state index contributed by atoms with van der Waals surface area (Å²) in [6.45, 7) is 0. The third kappa shape index (κ3) is 4.05. The summed E-state index contributed by atoms with van der Waals surface area (Å²) in [5, 5.41) is 3.00. The maximum atomic E-state index is 13.6. The lowest BCUT2D eigenvalue weighted by atomic mass is 10.0. The topological polar surface area (TPSA) is 46.2 Å². The molecule has 6 heteroatoms. The number of carbonyl (C=O) groups excluding carboxylic acids is 1. The second kappa shape index (κ2) is 7.49. The zero-order valence-corrected chi connectivity index (χ0v) is 14.9. The maximum absolute atomic E-state index is 13.6. The van der Waals surface area contributed by atoms with Gasteiger partial charge in [-0.3, -0.25) is 9.00 Å². The first kappa shape index (κ1) is 17.2. The molecule has 3 rings (SSSR count). The van der Waals surface area contributed by atoms with E-state index in [4.69, 9.17) is 0 Å². The maximum Gasteiger partial charge on any atom is 0.251 e. The average molecular weight is 363 g/mol. The molecule has 2 aromatic carbocycles. The van der Waals surface area contributed by atoms with Crippen LogP contribution in [0.25, 0.3) is 0 Å². The van der Waals surface area contributed by atoms with Gasteiger partial charge in [0.15, 0.2) is 0 Å². The molecule has 0 saturated heterocycles. The third-order valence-corrected chi connectivity index (χ3v) is 5.74. The summed E-state index contributed by atoms with van der Waals surface area (Å²) in [6, 6.07) is 11.7. The Bertz CT molecular complexity index is 794. The minimum absolute atomic E-state index is 0.187. The van der Waals surface area contributed by atoms with Crippen molar-refractivity contribution < 1.29 is 13.4 Å². The van der Waals surface area contributed by atoms with E-state index in [1.54, 1.807) is 42.3 Å². The molecule has 3 nitrogen and oxygen atoms in total. The lowest BCUT2D eigenvalue weighted by molar-refractivity contribution is 0.0934. The van der Waals surface area contributed by atoms with Crippen LogP contribution in [0.15, 0.2) is 47.4 Å². The van der Waals surface area contributed by atoms with E-state index >= 15 is 0 Å². The summed E-state index contributed by atoms with van der Waals surface area (Å²) in [6.07, 6.45) is 2.41. The number of nitrogens with one attached hydrogen (secondary N) is 1. The fourth-order valence-electron chi connectivity index (χ4n) is 2.79. The van der Waals surface area contributed by atoms with Crippen molar-refractivity contribution in [2.75, 3.05) is 12.0 Å². The first-order valence-electron chi connectivity index (χ1n) is 7.65. The molecule has 1 N–H and O–H groups in total. The lowest BCUT2D eigenvalue weighted by Crippen LogP contribution is -2.30. The summed E-state index contributed by atoms with van der Waals surface area (Å²) in [4.78, 5) is 13.6. The Morgan fingerprint density at radius 1 is 1.33 bits per heavy atom. The number of fused-ring (bicyclic) bond motifs is 1. The van der Waals surface area contributed by atoms with E-state index in [0.717, 1.165) is 28.2 Å². The number of hydrogen-bond acceptors (Lipinski definition) is 3. The number of thioether (sulfide) groups is 1. The van der Waals surface area contributed by atoms with E-state index < -0.39 is 10.8 Å². The van der Waals surface area contributed by atoms with Crippen LogP contribution < -0.4 is 5.32 Å². The van der Waals surface area contributed by atoms with Gasteiger partial charge in [-0.25, -0.2) is 4.39 Å². The second-order valence-electron chi connectivity index (χ2n) is 5.76. The quantitative estimate of drug-likeness (QED) is 0.901. The standard InChI is InChI=1S/C18H18FNO2S2/c1-24(22)11-12-3-2-4-13(9-12)18(21)20-16-7-8-23-17-6-5-14(19)10-15(16)17/h2-6,9-10,16H,7-8,11H2,1H3,(H,20,21). The van der Waals surface area contributed by atoms with Crippen LogP contribution in [0, 0.1) is 5.82 Å². The lowest BCUT2D eigenvalue weighted by Gasteiger charge is -2.26. The molecule has 0 aliphatic carbocycles. The van der Waals surface area contributed by atoms with Crippen molar-refractivity contribution in [2.45, 2.75) is 23.1 Å². The largest absolute Gasteiger partial charge is 0.345 e. The SMILES string of the molecule is CS(=O)Cc1cccc(C(=O)NC2CCSc3ccc(F)cc32)c1. The molecule has 2 unspecified atom stereocenters. The fourth-order valence-corrected chi connectivity index (χ4v) is 4.55. The van der Waals surface area contributed by atoms with Gasteiger partial charge in [-0.1, -0.05) is 12.1 Å². The van der Waals surface area contributed by atoms with Crippen LogP contribution in [0.1, 0.15) is 33.9 Å². The predicted molar refractivity (Wildman–Crippen MR) is 96.2 cm³/mol. The van der Waals surface area contributed by atoms with Gasteiger partial charge in [-0.2, -0.15) is 0 Å². The van der Waals surface area contributed by atoms with E-state index in [1.165, 1.54) is 12.1 Å². The second-order valence-corrected chi connectivity index (χ2v) is 8.34. The normalized spacial score (nSPS) is 17.8. The highest BCUT2D eigenvalue weighted by Gasteiger charge is 2.23. The zero-order valence-electron chi connectivity index (χ0n) is 13.3. The van der Waals surface area contributed by atoms with Gasteiger partial charge in [0.25, 0.3) is 5.91 Å². The van der Waals surface area contributed by atoms with Crippen molar-refractivity contribution in [3.63, 3.8) is 0 Å². The summed E-state index contributed by atoms with van der Waals surface area (Å²) < 4.78 is 24.9. The molecule has 0 bridgehead atoms. The Kier molecular flexibility index (Phi) is 5.36. The van der Waals surface area contributed by atoms with Gasteiger partial charge in [0.2, 0.25) is 0 Å². The van der Waals surface area contributed by atoms with Gasteiger partial charge in [-0.05, 0) is 47.9 Å². The Balaban J connectivity index is 1.79. The molecule has 1 heterocycles. The molecule has 0 radical (unpaired) electrons. The first-order valence-corrected chi connectivity index (χ1v) is 10.4. The predicted octanol–water partition coefficient (Wildman–Crippen LogP) is 3.67. The van der Waals surface area contributed by atoms with E-state index in [2.05, 4.69) is 5.32 Å². The molecule has 2 aromatic rings. The molecule has 1 amide bonds. The Morgan fingerprint density at radius 3 is 2.96 bits per heavy atom. The first-order chi connectivity index (χ1) is 11.5. The number of amides is 1. The fraction of sp³-hybridized carbons (Fsp3) is 0.278. The van der Waals surface area contributed by atoms with Crippen LogP contribution in [0.2, 0.25) is 0 Å². The number of hydrogen-bond donors (Lipinski definition) is 1. The molecular formula is C18H18FNO2S2. The van der Waals surface area contributed by atoms with Crippen molar-refractivity contribution in [3.8, 4) is 0 Å². The number of rotatable bonds is 4. The van der Waals surface area contributed by atoms with Gasteiger partial charge >= 0.3 is 0 Å². The molecular weight excluding hydrogens is 345 g/mol. The van der Waals surface area contributed by atoms with Crippen molar-refractivity contribution >= 4 is 28.5 Å². The highest BCUT2D eigenvalue weighted by atomic mass is 32.2. The highest BCUT2D eigenvalue weighted by Crippen LogP contribution is 2.36. The summed E-state index contributed by atoms with van der Waals surface area (Å²) in [5.74, 6) is 0.835. The van der Waals surface area contributed by atoms with Crippen LogP contribution in [0.4, 0.5) is 4.39 Å². The zero-order chi connectivity index (χ0) is 17.1. The molecule has 0 aromatic heterocycles. The third-order valence-electron chi connectivity index (χ3n) is 3.88. The summed E-state index contributed by atoms with van der Waals surface area (Å²) in [5.41, 5.74) is 2.24. The summed E-state index contributed by atoms with van der Waals surface area (Å²) >= 11 is 1.68. The minimum Gasteiger partial charge on any atom is -0.345 e. The molecule has 1 aliphatic heterocycles. The van der Waals surface area contributed by atoms with Crippen LogP contribution >= 0.6 is 11.8 Å². The number of halogens is 1. The number of benzene rings is 2. The van der Waals surface area contributed by atoms with Crippen LogP contribution in [-0.4, -0.2) is 22.1 Å². The molecule has 2 atom stereocenters. The van der Waals surface area contributed by atoms with Crippen LogP contribution in [0.5, 0.6) is 0 Å². The van der Waals surface area contributed by atoms with Crippen molar-refractivity contribution in [1.29, 1.82) is 0 Å². The Morgan fingerprint density at radius 2 is 2.17 bits per heavy atom. The van der Waals surface area contributed by atoms with E-state index in [9.17, 15) is 13.4 Å². The smallest absolute Gasteiger partial charge is 0.251 e. The van der Waals surface area contributed by atoms with Crippen molar-refractivity contribution in [3.05, 3.63) is 65.0 Å². The summed E-state index contributed by atoms with van der Waals surface area (Å²) in [7, 11) is -0.953. The number of carbonyl (C=O) groups is 1. The molecule has 126 valence electrons. The van der Waals surface area contributed by atoms with E-state index in [1.807, 2.05) is 6.07 Å². The minimum atomic E-state index is -0.953. The molecule has 0 saturated carbocycles. The highest BCUT2D eigenvalue weighted by molar-refractivity contribution is 7.99. The average Bonchev–Trinajstić information content (AvgIpc) is 2.55. The van der Waals surface area contributed by atoms with Gasteiger partial charge in [0.1, 0.15) is 5.82 Å². The van der Waals surface area contributed by atoms with Crippen LogP contribution in [-0.2, 0) is 16.6 Å². The monoisotopic (exact) mass is 363 g/mol. The van der Waals surface area contributed by atoms with Gasteiger partial charge in [0, 0.05) is 39.0 Å². The van der Waals surface area contributed by atoms with Gasteiger partial charge < -0.3 is 5.32 Å². The van der Waals surface area contributed by atoms with Gasteiger partial charge in [0.05, 0.1) is 6.04 Å². The van der Waals surface area contributed by atoms with E-state index in [-0.39, 0.29) is 17.8 Å². The molecule has 1 aliphatic rings. The molecule has 0 spiro atoms. The molecule has 24 heavy (non-hydrogen) atoms. The van der Waals surface area contributed by atoms with Crippen molar-refractivity contribution in [1.82, 2.24) is 5.32 Å². The molecule has 0 fully saturated rings. The van der Waals surface area contributed by atoms with Gasteiger partial charge in [-0.15, -0.1) is 11.8 Å².